The lowest BCUT2D eigenvalue weighted by atomic mass is 10.1. The molecule has 6 heteroatoms. The van der Waals surface area contributed by atoms with Crippen LogP contribution in [0.25, 0.3) is 0 Å². The summed E-state index contributed by atoms with van der Waals surface area (Å²) in [5.41, 5.74) is 2.01. The Morgan fingerprint density at radius 1 is 1.19 bits per heavy atom. The predicted octanol–water partition coefficient (Wildman–Crippen LogP) is 3.84. The fraction of sp³-hybridized carbons (Fsp3) is 0.500. The molecule has 2 aromatic rings. The normalized spacial score (nSPS) is 12.2. The molecule has 0 spiro atoms. The lowest BCUT2D eigenvalue weighted by Gasteiger charge is -2.23. The van der Waals surface area contributed by atoms with Crippen molar-refractivity contribution in [3.63, 3.8) is 0 Å². The second-order valence-electron chi connectivity index (χ2n) is 7.17. The van der Waals surface area contributed by atoms with Crippen molar-refractivity contribution >= 4 is 17.3 Å². The monoisotopic (exact) mass is 374 g/mol. The van der Waals surface area contributed by atoms with Crippen molar-refractivity contribution < 1.29 is 4.74 Å². The predicted molar refractivity (Wildman–Crippen MR) is 110 cm³/mol. The number of hydrogen-bond acceptors (Lipinski definition) is 4. The number of aryl methyl sites for hydroxylation is 2. The first-order chi connectivity index (χ1) is 12.3. The lowest BCUT2D eigenvalue weighted by Crippen LogP contribution is -2.38. The zero-order valence-corrected chi connectivity index (χ0v) is 17.5. The first-order valence-electron chi connectivity index (χ1n) is 8.93. The highest BCUT2D eigenvalue weighted by Gasteiger charge is 2.14. The van der Waals surface area contributed by atoms with Gasteiger partial charge in [0, 0.05) is 37.0 Å². The number of nitrogens with zero attached hydrogens (tertiary/aromatic N) is 2. The van der Waals surface area contributed by atoms with Crippen molar-refractivity contribution in [1.29, 1.82) is 0 Å². The molecular weight excluding hydrogens is 344 g/mol. The summed E-state index contributed by atoms with van der Waals surface area (Å²) in [5, 5.41) is 7.87. The van der Waals surface area contributed by atoms with Crippen LogP contribution in [-0.2, 0) is 13.0 Å². The largest absolute Gasteiger partial charge is 0.488 e. The van der Waals surface area contributed by atoms with Crippen LogP contribution in [0.15, 0.2) is 29.3 Å². The average Bonchev–Trinajstić information content (AvgIpc) is 2.88. The highest BCUT2D eigenvalue weighted by molar-refractivity contribution is 7.11. The Morgan fingerprint density at radius 2 is 1.92 bits per heavy atom. The second kappa shape index (κ2) is 9.03. The van der Waals surface area contributed by atoms with Gasteiger partial charge in [-0.15, -0.1) is 11.3 Å². The summed E-state index contributed by atoms with van der Waals surface area (Å²) in [6.07, 6.45) is 0.893. The number of thiazole rings is 1. The molecule has 0 saturated carbocycles. The van der Waals surface area contributed by atoms with E-state index in [2.05, 4.69) is 61.3 Å². The Labute approximate surface area is 160 Å². The zero-order chi connectivity index (χ0) is 19.2. The molecule has 0 radical (unpaired) electrons. The van der Waals surface area contributed by atoms with Gasteiger partial charge in [-0.2, -0.15) is 0 Å². The third kappa shape index (κ3) is 6.33. The van der Waals surface area contributed by atoms with Crippen LogP contribution in [0.1, 0.15) is 41.9 Å². The third-order valence-corrected chi connectivity index (χ3v) is 4.90. The second-order valence-corrected chi connectivity index (χ2v) is 8.46. The van der Waals surface area contributed by atoms with E-state index in [1.165, 1.54) is 4.88 Å². The molecule has 0 fully saturated rings. The molecule has 142 valence electrons. The molecule has 0 aliphatic heterocycles. The minimum absolute atomic E-state index is 0.222. The number of ether oxygens (including phenoxy) is 1. The summed E-state index contributed by atoms with van der Waals surface area (Å²) in [6, 6.07) is 8.10. The number of rotatable bonds is 6. The number of hydrogen-bond donors (Lipinski definition) is 2. The summed E-state index contributed by atoms with van der Waals surface area (Å²) in [7, 11) is 1.78. The van der Waals surface area contributed by atoms with Crippen molar-refractivity contribution in [2.24, 2.45) is 4.99 Å². The fourth-order valence-corrected chi connectivity index (χ4v) is 3.35. The SMILES string of the molecule is CN=C(NCCc1nc(C)c(C)s1)NCc1ccccc1OC(C)(C)C. The Kier molecular flexibility index (Phi) is 7.03. The molecule has 0 amide bonds. The number of benzene rings is 1. The molecule has 1 heterocycles. The molecule has 0 bridgehead atoms. The molecule has 0 unspecified atom stereocenters. The van der Waals surface area contributed by atoms with Crippen LogP contribution in [-0.4, -0.2) is 30.1 Å². The van der Waals surface area contributed by atoms with Gasteiger partial charge in [-0.05, 0) is 40.7 Å². The molecule has 5 nitrogen and oxygen atoms in total. The Balaban J connectivity index is 1.87. The molecule has 1 aromatic carbocycles. The smallest absolute Gasteiger partial charge is 0.191 e. The van der Waals surface area contributed by atoms with Gasteiger partial charge in [0.1, 0.15) is 11.4 Å². The van der Waals surface area contributed by atoms with Gasteiger partial charge in [-0.1, -0.05) is 18.2 Å². The number of aliphatic imine (C=N–C) groups is 1. The fourth-order valence-electron chi connectivity index (χ4n) is 2.41. The van der Waals surface area contributed by atoms with Gasteiger partial charge in [0.2, 0.25) is 0 Å². The Bertz CT molecular complexity index is 727. The summed E-state index contributed by atoms with van der Waals surface area (Å²) in [5.74, 6) is 1.68. The minimum atomic E-state index is -0.222. The first-order valence-corrected chi connectivity index (χ1v) is 9.74. The molecule has 0 aliphatic carbocycles. The van der Waals surface area contributed by atoms with E-state index in [1.54, 1.807) is 18.4 Å². The maximum Gasteiger partial charge on any atom is 0.191 e. The molecule has 2 rings (SSSR count). The van der Waals surface area contributed by atoms with E-state index in [1.807, 2.05) is 18.2 Å². The summed E-state index contributed by atoms with van der Waals surface area (Å²) in [6.45, 7) is 11.8. The van der Waals surface area contributed by atoms with Crippen molar-refractivity contribution in [2.75, 3.05) is 13.6 Å². The third-order valence-electron chi connectivity index (χ3n) is 3.76. The van der Waals surface area contributed by atoms with Gasteiger partial charge in [0.25, 0.3) is 0 Å². The van der Waals surface area contributed by atoms with E-state index in [-0.39, 0.29) is 5.60 Å². The van der Waals surface area contributed by atoms with Crippen LogP contribution in [0.4, 0.5) is 0 Å². The van der Waals surface area contributed by atoms with Crippen LogP contribution in [0.5, 0.6) is 5.75 Å². The highest BCUT2D eigenvalue weighted by atomic mass is 32.1. The average molecular weight is 375 g/mol. The summed E-state index contributed by atoms with van der Waals surface area (Å²) < 4.78 is 6.04. The van der Waals surface area contributed by atoms with Gasteiger partial charge < -0.3 is 15.4 Å². The number of para-hydroxylation sites is 1. The van der Waals surface area contributed by atoms with Crippen LogP contribution < -0.4 is 15.4 Å². The lowest BCUT2D eigenvalue weighted by molar-refractivity contribution is 0.129. The standard InChI is InChI=1S/C20H30N4OS/c1-14-15(2)26-18(24-14)11-12-22-19(21-6)23-13-16-9-7-8-10-17(16)25-20(3,4)5/h7-10H,11-13H2,1-6H3,(H2,21,22,23). The van der Waals surface area contributed by atoms with E-state index in [0.717, 1.165) is 40.9 Å². The van der Waals surface area contributed by atoms with Crippen LogP contribution in [0.2, 0.25) is 0 Å². The zero-order valence-electron chi connectivity index (χ0n) is 16.6. The van der Waals surface area contributed by atoms with Gasteiger partial charge in [-0.25, -0.2) is 4.98 Å². The number of aromatic nitrogens is 1. The van der Waals surface area contributed by atoms with Gasteiger partial charge in [0.05, 0.1) is 10.7 Å². The number of nitrogens with one attached hydrogen (secondary N) is 2. The van der Waals surface area contributed by atoms with Crippen molar-refractivity contribution in [2.45, 2.75) is 53.2 Å². The summed E-state index contributed by atoms with van der Waals surface area (Å²) >= 11 is 1.76. The van der Waals surface area contributed by atoms with E-state index < -0.39 is 0 Å². The molecular formula is C20H30N4OS. The topological polar surface area (TPSA) is 58.5 Å². The van der Waals surface area contributed by atoms with E-state index in [4.69, 9.17) is 4.74 Å². The minimum Gasteiger partial charge on any atom is -0.488 e. The molecule has 2 N–H and O–H groups in total. The van der Waals surface area contributed by atoms with E-state index in [9.17, 15) is 0 Å². The van der Waals surface area contributed by atoms with Crippen LogP contribution >= 0.6 is 11.3 Å². The van der Waals surface area contributed by atoms with Crippen molar-refractivity contribution in [3.8, 4) is 5.75 Å². The van der Waals surface area contributed by atoms with E-state index >= 15 is 0 Å². The Morgan fingerprint density at radius 3 is 2.54 bits per heavy atom. The van der Waals surface area contributed by atoms with Gasteiger partial charge >= 0.3 is 0 Å². The Hall–Kier alpha value is -2.08. The molecule has 1 aromatic heterocycles. The highest BCUT2D eigenvalue weighted by Crippen LogP contribution is 2.22. The maximum absolute atomic E-state index is 6.04. The molecule has 0 aliphatic rings. The van der Waals surface area contributed by atoms with E-state index in [0.29, 0.717) is 6.54 Å². The van der Waals surface area contributed by atoms with Crippen LogP contribution in [0.3, 0.4) is 0 Å². The van der Waals surface area contributed by atoms with Crippen LogP contribution in [0, 0.1) is 13.8 Å². The molecule has 0 atom stereocenters. The summed E-state index contributed by atoms with van der Waals surface area (Å²) in [4.78, 5) is 10.2. The molecule has 26 heavy (non-hydrogen) atoms. The van der Waals surface area contributed by atoms with Crippen molar-refractivity contribution in [1.82, 2.24) is 15.6 Å². The maximum atomic E-state index is 6.04. The van der Waals surface area contributed by atoms with Gasteiger partial charge in [0.15, 0.2) is 5.96 Å². The van der Waals surface area contributed by atoms with Gasteiger partial charge in [-0.3, -0.25) is 4.99 Å². The molecule has 0 saturated heterocycles. The van der Waals surface area contributed by atoms with Crippen molar-refractivity contribution in [3.05, 3.63) is 45.4 Å². The first kappa shape index (κ1) is 20.2. The number of guanidine groups is 1. The quantitative estimate of drug-likeness (QED) is 0.596.